The minimum Gasteiger partial charge on any atom is -0.411 e. The fraction of sp³-hybridized carbons (Fsp3) is 0.417. The van der Waals surface area contributed by atoms with E-state index in [9.17, 15) is 8.78 Å². The highest BCUT2D eigenvalue weighted by molar-refractivity contribution is 6.02. The molecule has 17 heavy (non-hydrogen) atoms. The molecule has 2 rings (SSSR count). The first-order chi connectivity index (χ1) is 8.22. The smallest absolute Gasteiger partial charge is 0.135 e. The standard InChI is InChI=1S/C12H14F2N2O/c13-9-1-2-10(11(14)7-9)12(16-17)8-3-5-15-6-4-8/h1-2,7-8,15,17H,3-6H2/b16-12+. The van der Waals surface area contributed by atoms with Crippen LogP contribution in [0.4, 0.5) is 8.78 Å². The van der Waals surface area contributed by atoms with E-state index >= 15 is 0 Å². The molecule has 0 aliphatic carbocycles. The van der Waals surface area contributed by atoms with Crippen LogP contribution in [0.15, 0.2) is 23.4 Å². The van der Waals surface area contributed by atoms with Gasteiger partial charge in [0.1, 0.15) is 11.6 Å². The van der Waals surface area contributed by atoms with E-state index in [2.05, 4.69) is 10.5 Å². The van der Waals surface area contributed by atoms with Gasteiger partial charge in [0.15, 0.2) is 0 Å². The van der Waals surface area contributed by atoms with Crippen molar-refractivity contribution >= 4 is 5.71 Å². The van der Waals surface area contributed by atoms with Crippen molar-refractivity contribution in [2.24, 2.45) is 11.1 Å². The second-order valence-electron chi connectivity index (χ2n) is 4.13. The van der Waals surface area contributed by atoms with Crippen LogP contribution in [0.1, 0.15) is 18.4 Å². The lowest BCUT2D eigenvalue weighted by Crippen LogP contribution is -2.32. The van der Waals surface area contributed by atoms with Gasteiger partial charge < -0.3 is 10.5 Å². The molecule has 0 radical (unpaired) electrons. The second kappa shape index (κ2) is 5.23. The van der Waals surface area contributed by atoms with Gasteiger partial charge in [-0.15, -0.1) is 0 Å². The molecule has 1 aromatic carbocycles. The molecule has 1 saturated heterocycles. The summed E-state index contributed by atoms with van der Waals surface area (Å²) < 4.78 is 26.4. The lowest BCUT2D eigenvalue weighted by atomic mass is 9.88. The van der Waals surface area contributed by atoms with Crippen LogP contribution in [0.25, 0.3) is 0 Å². The molecule has 1 aliphatic heterocycles. The third-order valence-electron chi connectivity index (χ3n) is 3.04. The third kappa shape index (κ3) is 2.61. The number of hydrogen-bond acceptors (Lipinski definition) is 3. The van der Waals surface area contributed by atoms with E-state index in [1.165, 1.54) is 12.1 Å². The lowest BCUT2D eigenvalue weighted by Gasteiger charge is -2.23. The first-order valence-corrected chi connectivity index (χ1v) is 5.60. The monoisotopic (exact) mass is 240 g/mol. The number of rotatable bonds is 2. The molecule has 0 bridgehead atoms. The number of hydrogen-bond donors (Lipinski definition) is 2. The molecular formula is C12H14F2N2O. The maximum Gasteiger partial charge on any atom is 0.135 e. The molecule has 1 aromatic rings. The van der Waals surface area contributed by atoms with Crippen LogP contribution in [0.2, 0.25) is 0 Å². The number of halogens is 2. The van der Waals surface area contributed by atoms with Crippen molar-refractivity contribution in [1.82, 2.24) is 5.32 Å². The van der Waals surface area contributed by atoms with Gasteiger partial charge in [0, 0.05) is 17.5 Å². The molecule has 0 atom stereocenters. The number of nitrogens with zero attached hydrogens (tertiary/aromatic N) is 1. The first-order valence-electron chi connectivity index (χ1n) is 5.60. The average Bonchev–Trinajstić information content (AvgIpc) is 2.34. The Labute approximate surface area is 98.1 Å². The summed E-state index contributed by atoms with van der Waals surface area (Å²) in [4.78, 5) is 0. The molecule has 92 valence electrons. The number of benzene rings is 1. The van der Waals surface area contributed by atoms with Crippen molar-refractivity contribution in [2.45, 2.75) is 12.8 Å². The average molecular weight is 240 g/mol. The summed E-state index contributed by atoms with van der Waals surface area (Å²) in [5, 5.41) is 15.4. The molecule has 0 spiro atoms. The molecule has 3 nitrogen and oxygen atoms in total. The van der Waals surface area contributed by atoms with Crippen LogP contribution in [-0.4, -0.2) is 24.0 Å². The molecule has 2 N–H and O–H groups in total. The molecule has 0 saturated carbocycles. The topological polar surface area (TPSA) is 44.6 Å². The largest absolute Gasteiger partial charge is 0.411 e. The van der Waals surface area contributed by atoms with Gasteiger partial charge in [-0.25, -0.2) is 8.78 Å². The fourth-order valence-corrected chi connectivity index (χ4v) is 2.15. The Kier molecular flexibility index (Phi) is 3.68. The molecule has 5 heteroatoms. The number of nitrogens with one attached hydrogen (secondary N) is 1. The van der Waals surface area contributed by atoms with Crippen LogP contribution in [0.5, 0.6) is 0 Å². The van der Waals surface area contributed by atoms with Crippen molar-refractivity contribution in [2.75, 3.05) is 13.1 Å². The molecule has 0 amide bonds. The Morgan fingerprint density at radius 3 is 2.59 bits per heavy atom. The van der Waals surface area contributed by atoms with E-state index in [0.717, 1.165) is 32.0 Å². The summed E-state index contributed by atoms with van der Waals surface area (Å²) in [6.45, 7) is 1.62. The Balaban J connectivity index is 2.28. The van der Waals surface area contributed by atoms with Crippen molar-refractivity contribution in [3.63, 3.8) is 0 Å². The van der Waals surface area contributed by atoms with E-state index < -0.39 is 11.6 Å². The van der Waals surface area contributed by atoms with E-state index in [0.29, 0.717) is 5.71 Å². The van der Waals surface area contributed by atoms with Gasteiger partial charge in [-0.3, -0.25) is 0 Å². The van der Waals surface area contributed by atoms with Gasteiger partial charge >= 0.3 is 0 Å². The minimum atomic E-state index is -0.684. The van der Waals surface area contributed by atoms with Gasteiger partial charge in [-0.2, -0.15) is 0 Å². The molecule has 1 fully saturated rings. The van der Waals surface area contributed by atoms with Gasteiger partial charge in [-0.1, -0.05) is 5.16 Å². The molecule has 1 heterocycles. The van der Waals surface area contributed by atoms with Gasteiger partial charge in [-0.05, 0) is 38.1 Å². The summed E-state index contributed by atoms with van der Waals surface area (Å²) in [6, 6.07) is 3.30. The Bertz CT molecular complexity index is 429. The Hall–Kier alpha value is -1.49. The Morgan fingerprint density at radius 2 is 2.00 bits per heavy atom. The highest BCUT2D eigenvalue weighted by Crippen LogP contribution is 2.21. The summed E-state index contributed by atoms with van der Waals surface area (Å²) >= 11 is 0. The van der Waals surface area contributed by atoms with Crippen molar-refractivity contribution in [1.29, 1.82) is 0 Å². The second-order valence-corrected chi connectivity index (χ2v) is 4.13. The van der Waals surface area contributed by atoms with Crippen LogP contribution in [0, 0.1) is 17.6 Å². The van der Waals surface area contributed by atoms with E-state index in [1.807, 2.05) is 0 Å². The molecule has 0 aromatic heterocycles. The van der Waals surface area contributed by atoms with Crippen LogP contribution in [-0.2, 0) is 0 Å². The summed E-state index contributed by atoms with van der Waals surface area (Å²) in [6.07, 6.45) is 1.58. The lowest BCUT2D eigenvalue weighted by molar-refractivity contribution is 0.311. The molecule has 0 unspecified atom stereocenters. The van der Waals surface area contributed by atoms with Crippen molar-refractivity contribution in [3.8, 4) is 0 Å². The number of oxime groups is 1. The maximum atomic E-state index is 13.6. The fourth-order valence-electron chi connectivity index (χ4n) is 2.15. The SMILES string of the molecule is O/N=C(/c1ccc(F)cc1F)C1CCNCC1. The zero-order valence-electron chi connectivity index (χ0n) is 9.29. The highest BCUT2D eigenvalue weighted by atomic mass is 19.1. The van der Waals surface area contributed by atoms with E-state index in [4.69, 9.17) is 5.21 Å². The first kappa shape index (κ1) is 12.0. The highest BCUT2D eigenvalue weighted by Gasteiger charge is 2.23. The van der Waals surface area contributed by atoms with E-state index in [1.54, 1.807) is 0 Å². The van der Waals surface area contributed by atoms with Crippen molar-refractivity contribution in [3.05, 3.63) is 35.4 Å². The van der Waals surface area contributed by atoms with Gasteiger partial charge in [0.05, 0.1) is 5.71 Å². The van der Waals surface area contributed by atoms with Crippen LogP contribution < -0.4 is 5.32 Å². The third-order valence-corrected chi connectivity index (χ3v) is 3.04. The predicted molar refractivity (Wildman–Crippen MR) is 60.3 cm³/mol. The minimum absolute atomic E-state index is 0.0150. The van der Waals surface area contributed by atoms with Crippen molar-refractivity contribution < 1.29 is 14.0 Å². The summed E-state index contributed by atoms with van der Waals surface area (Å²) in [5.41, 5.74) is 0.491. The number of piperidine rings is 1. The van der Waals surface area contributed by atoms with Gasteiger partial charge in [0.2, 0.25) is 0 Å². The zero-order valence-corrected chi connectivity index (χ0v) is 9.29. The zero-order chi connectivity index (χ0) is 12.3. The summed E-state index contributed by atoms with van der Waals surface area (Å²) in [7, 11) is 0. The van der Waals surface area contributed by atoms with Crippen LogP contribution in [0.3, 0.4) is 0 Å². The maximum absolute atomic E-state index is 13.6. The normalized spacial score (nSPS) is 18.4. The van der Waals surface area contributed by atoms with Crippen LogP contribution >= 0.6 is 0 Å². The quantitative estimate of drug-likeness (QED) is 0.472. The summed E-state index contributed by atoms with van der Waals surface area (Å²) in [5.74, 6) is -1.30. The Morgan fingerprint density at radius 1 is 1.29 bits per heavy atom. The molecular weight excluding hydrogens is 226 g/mol. The molecule has 1 aliphatic rings. The van der Waals surface area contributed by atoms with Gasteiger partial charge in [0.25, 0.3) is 0 Å². The van der Waals surface area contributed by atoms with E-state index in [-0.39, 0.29) is 11.5 Å². The predicted octanol–water partition coefficient (Wildman–Crippen LogP) is 2.14.